The highest BCUT2D eigenvalue weighted by atomic mass is 28.4. The van der Waals surface area contributed by atoms with Gasteiger partial charge in [-0.15, -0.1) is 0 Å². The molecule has 1 fully saturated rings. The molecule has 0 radical (unpaired) electrons. The number of hydrogen-bond acceptors (Lipinski definition) is 5. The maximum absolute atomic E-state index is 12.7. The number of aliphatic hydroxyl groups is 1. The molecule has 0 aromatic heterocycles. The molecule has 178 valence electrons. The Hall–Kier alpha value is -2.77. The SMILES string of the molecule is CC(C)(C)[Si](OC[C@H]1OC(O)CC1OC(=O)c1ccccc1)(c1ccccc1)c1ccccc1. The molecule has 3 atom stereocenters. The smallest absolute Gasteiger partial charge is 0.338 e. The van der Waals surface area contributed by atoms with Gasteiger partial charge in [0.2, 0.25) is 0 Å². The van der Waals surface area contributed by atoms with Crippen molar-refractivity contribution in [3.05, 3.63) is 96.6 Å². The van der Waals surface area contributed by atoms with Crippen LogP contribution in [0.4, 0.5) is 0 Å². The van der Waals surface area contributed by atoms with Crippen LogP contribution in [0.3, 0.4) is 0 Å². The van der Waals surface area contributed by atoms with Gasteiger partial charge >= 0.3 is 5.97 Å². The van der Waals surface area contributed by atoms with Crippen LogP contribution in [0.2, 0.25) is 5.04 Å². The summed E-state index contributed by atoms with van der Waals surface area (Å²) in [4.78, 5) is 12.7. The first-order valence-corrected chi connectivity index (χ1v) is 13.6. The lowest BCUT2D eigenvalue weighted by molar-refractivity contribution is -0.106. The maximum atomic E-state index is 12.7. The molecule has 34 heavy (non-hydrogen) atoms. The Bertz CT molecular complexity index is 1030. The van der Waals surface area contributed by atoms with Crippen molar-refractivity contribution in [3.63, 3.8) is 0 Å². The van der Waals surface area contributed by atoms with E-state index in [-0.39, 0.29) is 18.1 Å². The van der Waals surface area contributed by atoms with Crippen LogP contribution >= 0.6 is 0 Å². The zero-order valence-electron chi connectivity index (χ0n) is 19.9. The van der Waals surface area contributed by atoms with Gasteiger partial charge in [0.1, 0.15) is 12.2 Å². The van der Waals surface area contributed by atoms with Gasteiger partial charge in [0, 0.05) is 6.42 Å². The fourth-order valence-corrected chi connectivity index (χ4v) is 9.28. The van der Waals surface area contributed by atoms with E-state index in [2.05, 4.69) is 45.0 Å². The number of ether oxygens (including phenoxy) is 2. The van der Waals surface area contributed by atoms with E-state index < -0.39 is 32.8 Å². The fourth-order valence-electron chi connectivity index (χ4n) is 4.71. The highest BCUT2D eigenvalue weighted by Crippen LogP contribution is 2.37. The van der Waals surface area contributed by atoms with E-state index >= 15 is 0 Å². The summed E-state index contributed by atoms with van der Waals surface area (Å²) in [5, 5.41) is 12.3. The average molecular weight is 477 g/mol. The minimum Gasteiger partial charge on any atom is -0.456 e. The van der Waals surface area contributed by atoms with Crippen molar-refractivity contribution < 1.29 is 23.8 Å². The molecule has 0 aliphatic carbocycles. The van der Waals surface area contributed by atoms with Gasteiger partial charge in [-0.2, -0.15) is 0 Å². The highest BCUT2D eigenvalue weighted by Gasteiger charge is 2.51. The Labute approximate surface area is 202 Å². The summed E-state index contributed by atoms with van der Waals surface area (Å²) in [6.45, 7) is 6.82. The molecule has 1 saturated heterocycles. The molecule has 2 unspecified atom stereocenters. The molecule has 1 aliphatic heterocycles. The van der Waals surface area contributed by atoms with Crippen LogP contribution in [-0.4, -0.2) is 44.5 Å². The zero-order valence-corrected chi connectivity index (χ0v) is 20.9. The molecular formula is C28H32O5Si. The quantitative estimate of drug-likeness (QED) is 0.414. The third kappa shape index (κ3) is 5.00. The van der Waals surface area contributed by atoms with Crippen molar-refractivity contribution in [1.82, 2.24) is 0 Å². The number of benzene rings is 3. The predicted molar refractivity (Wildman–Crippen MR) is 135 cm³/mol. The number of aliphatic hydroxyl groups excluding tert-OH is 1. The summed E-state index contributed by atoms with van der Waals surface area (Å²) in [7, 11) is -2.77. The minimum absolute atomic E-state index is 0.191. The van der Waals surface area contributed by atoms with E-state index in [1.807, 2.05) is 42.5 Å². The van der Waals surface area contributed by atoms with Crippen molar-refractivity contribution in [2.45, 2.75) is 50.7 Å². The van der Waals surface area contributed by atoms with Crippen LogP contribution in [0.1, 0.15) is 37.6 Å². The minimum atomic E-state index is -2.77. The second-order valence-electron chi connectivity index (χ2n) is 9.65. The van der Waals surface area contributed by atoms with Crippen molar-refractivity contribution >= 4 is 24.7 Å². The summed E-state index contributed by atoms with van der Waals surface area (Å²) in [5.74, 6) is -0.432. The first kappa shape index (κ1) is 24.4. The van der Waals surface area contributed by atoms with Gasteiger partial charge in [-0.3, -0.25) is 0 Å². The standard InChI is InChI=1S/C28H32O5Si/c1-28(2,3)34(22-15-9-5-10-16-22,23-17-11-6-12-18-23)31-20-25-24(19-26(29)32-25)33-27(30)21-13-7-4-8-14-21/h4-18,24-26,29H,19-20H2,1-3H3/t24?,25-,26?/m1/s1. The molecule has 1 heterocycles. The van der Waals surface area contributed by atoms with Crippen molar-refractivity contribution in [2.24, 2.45) is 0 Å². The lowest BCUT2D eigenvalue weighted by Gasteiger charge is -2.43. The van der Waals surface area contributed by atoms with Crippen LogP contribution < -0.4 is 10.4 Å². The number of rotatable bonds is 7. The third-order valence-electron chi connectivity index (χ3n) is 6.33. The van der Waals surface area contributed by atoms with Crippen molar-refractivity contribution in [3.8, 4) is 0 Å². The van der Waals surface area contributed by atoms with E-state index in [4.69, 9.17) is 13.9 Å². The third-order valence-corrected chi connectivity index (χ3v) is 11.3. The molecule has 6 heteroatoms. The second kappa shape index (κ2) is 10.2. The molecule has 3 aromatic carbocycles. The normalized spacial score (nSPS) is 20.8. The van der Waals surface area contributed by atoms with Gasteiger partial charge in [0.25, 0.3) is 8.32 Å². The van der Waals surface area contributed by atoms with Crippen molar-refractivity contribution in [1.29, 1.82) is 0 Å². The number of carbonyl (C=O) groups is 1. The largest absolute Gasteiger partial charge is 0.456 e. The van der Waals surface area contributed by atoms with Crippen LogP contribution in [0, 0.1) is 0 Å². The Morgan fingerprint density at radius 1 is 0.912 bits per heavy atom. The van der Waals surface area contributed by atoms with Crippen molar-refractivity contribution in [2.75, 3.05) is 6.61 Å². The average Bonchev–Trinajstić information content (AvgIpc) is 3.19. The van der Waals surface area contributed by atoms with Crippen LogP contribution in [0.5, 0.6) is 0 Å². The van der Waals surface area contributed by atoms with E-state index in [9.17, 15) is 9.90 Å². The lowest BCUT2D eigenvalue weighted by Crippen LogP contribution is -2.67. The van der Waals surface area contributed by atoms with Gasteiger partial charge < -0.3 is 19.0 Å². The molecule has 3 aromatic rings. The summed E-state index contributed by atoms with van der Waals surface area (Å²) in [6.07, 6.45) is -1.94. The first-order valence-electron chi connectivity index (χ1n) is 11.7. The molecule has 0 saturated carbocycles. The van der Waals surface area contributed by atoms with E-state index in [1.165, 1.54) is 0 Å². The first-order chi connectivity index (χ1) is 16.3. The van der Waals surface area contributed by atoms with Crippen LogP contribution in [0.15, 0.2) is 91.0 Å². The van der Waals surface area contributed by atoms with Gasteiger partial charge in [-0.05, 0) is 27.5 Å². The number of hydrogen-bond donors (Lipinski definition) is 1. The molecule has 1 aliphatic rings. The number of esters is 1. The highest BCUT2D eigenvalue weighted by molar-refractivity contribution is 6.99. The fraction of sp³-hybridized carbons (Fsp3) is 0.321. The van der Waals surface area contributed by atoms with Gasteiger partial charge in [0.05, 0.1) is 12.2 Å². The van der Waals surface area contributed by atoms with Gasteiger partial charge in [0.15, 0.2) is 6.29 Å². The van der Waals surface area contributed by atoms with E-state index in [0.29, 0.717) is 5.56 Å². The molecule has 0 bridgehead atoms. The lowest BCUT2D eigenvalue weighted by atomic mass is 10.2. The summed E-state index contributed by atoms with van der Waals surface area (Å²) < 4.78 is 18.4. The van der Waals surface area contributed by atoms with E-state index in [0.717, 1.165) is 10.4 Å². The molecular weight excluding hydrogens is 444 g/mol. The monoisotopic (exact) mass is 476 g/mol. The second-order valence-corrected chi connectivity index (χ2v) is 14.0. The van der Waals surface area contributed by atoms with E-state index in [1.54, 1.807) is 24.3 Å². The molecule has 4 rings (SSSR count). The van der Waals surface area contributed by atoms with Gasteiger partial charge in [-0.25, -0.2) is 4.79 Å². The Morgan fingerprint density at radius 3 is 1.91 bits per heavy atom. The van der Waals surface area contributed by atoms with Crippen LogP contribution in [-0.2, 0) is 13.9 Å². The summed E-state index contributed by atoms with van der Waals surface area (Å²) >= 11 is 0. The predicted octanol–water partition coefficient (Wildman–Crippen LogP) is 3.90. The zero-order chi connectivity index (χ0) is 24.2. The molecule has 0 spiro atoms. The molecule has 1 N–H and O–H groups in total. The maximum Gasteiger partial charge on any atom is 0.338 e. The van der Waals surface area contributed by atoms with Crippen LogP contribution in [0.25, 0.3) is 0 Å². The molecule has 0 amide bonds. The Kier molecular flexibility index (Phi) is 7.33. The number of carbonyl (C=O) groups excluding carboxylic acids is 1. The summed E-state index contributed by atoms with van der Waals surface area (Å²) in [6, 6.07) is 29.5. The Morgan fingerprint density at radius 2 is 1.41 bits per heavy atom. The Balaban J connectivity index is 1.62. The summed E-state index contributed by atoms with van der Waals surface area (Å²) in [5.41, 5.74) is 0.468. The topological polar surface area (TPSA) is 65.0 Å². The molecule has 5 nitrogen and oxygen atoms in total. The van der Waals surface area contributed by atoms with Gasteiger partial charge in [-0.1, -0.05) is 99.6 Å².